The largest absolute Gasteiger partial charge is 0.358 e. The average Bonchev–Trinajstić information content (AvgIpc) is 3.26. The van der Waals surface area contributed by atoms with E-state index in [4.69, 9.17) is 0 Å². The van der Waals surface area contributed by atoms with E-state index in [0.717, 1.165) is 30.5 Å². The number of para-hydroxylation sites is 1. The fourth-order valence-electron chi connectivity index (χ4n) is 3.77. The summed E-state index contributed by atoms with van der Waals surface area (Å²) >= 11 is 0. The Labute approximate surface area is 147 Å². The fraction of sp³-hybridized carbons (Fsp3) is 0.400. The van der Waals surface area contributed by atoms with Crippen LogP contribution >= 0.6 is 0 Å². The zero-order valence-corrected chi connectivity index (χ0v) is 14.6. The van der Waals surface area contributed by atoms with Crippen LogP contribution < -0.4 is 5.32 Å². The molecule has 130 valence electrons. The number of rotatable bonds is 5. The van der Waals surface area contributed by atoms with E-state index in [1.54, 1.807) is 6.20 Å². The molecule has 5 heteroatoms. The minimum absolute atomic E-state index is 0.00323. The molecule has 0 saturated carbocycles. The standard InChI is InChI=1S/C20H24N4O/c1-14(13-24-11-5-10-22-24)12-21-20(25)17-8-4-7-16-15-6-2-3-9-18(15)23-19(16)17/h4-5,7-8,10-11,14,23H,2-3,6,9,12-13H2,1H3,(H,21,25)/t14-/m0/s1. The Morgan fingerprint density at radius 1 is 1.32 bits per heavy atom. The molecule has 1 aliphatic carbocycles. The molecule has 2 N–H and O–H groups in total. The number of nitrogens with one attached hydrogen (secondary N) is 2. The van der Waals surface area contributed by atoms with Crippen LogP contribution in [-0.2, 0) is 19.4 Å². The number of aryl methyl sites for hydroxylation is 2. The number of hydrogen-bond acceptors (Lipinski definition) is 2. The normalized spacial score (nSPS) is 15.1. The van der Waals surface area contributed by atoms with E-state index >= 15 is 0 Å². The van der Waals surface area contributed by atoms with E-state index in [0.29, 0.717) is 12.5 Å². The van der Waals surface area contributed by atoms with Gasteiger partial charge < -0.3 is 10.3 Å². The number of nitrogens with zero attached hydrogens (tertiary/aromatic N) is 2. The molecule has 1 aromatic carbocycles. The maximum absolute atomic E-state index is 12.7. The van der Waals surface area contributed by atoms with E-state index in [9.17, 15) is 4.79 Å². The second-order valence-corrected chi connectivity index (χ2v) is 7.06. The van der Waals surface area contributed by atoms with Gasteiger partial charge in [-0.25, -0.2) is 0 Å². The summed E-state index contributed by atoms with van der Waals surface area (Å²) < 4.78 is 1.90. The predicted molar refractivity (Wildman–Crippen MR) is 98.7 cm³/mol. The first-order valence-corrected chi connectivity index (χ1v) is 9.10. The smallest absolute Gasteiger partial charge is 0.253 e. The highest BCUT2D eigenvalue weighted by Crippen LogP contribution is 2.30. The Kier molecular flexibility index (Phi) is 4.30. The van der Waals surface area contributed by atoms with Crippen molar-refractivity contribution in [1.29, 1.82) is 0 Å². The van der Waals surface area contributed by atoms with Gasteiger partial charge in [0.15, 0.2) is 0 Å². The highest BCUT2D eigenvalue weighted by atomic mass is 16.1. The van der Waals surface area contributed by atoms with E-state index in [1.165, 1.54) is 29.5 Å². The molecule has 5 nitrogen and oxygen atoms in total. The third kappa shape index (κ3) is 3.18. The molecule has 0 bridgehead atoms. The van der Waals surface area contributed by atoms with Gasteiger partial charge in [-0.05, 0) is 49.3 Å². The van der Waals surface area contributed by atoms with Crippen molar-refractivity contribution in [3.8, 4) is 0 Å². The van der Waals surface area contributed by atoms with Crippen LogP contribution in [0.2, 0.25) is 0 Å². The van der Waals surface area contributed by atoms with Crippen molar-refractivity contribution in [1.82, 2.24) is 20.1 Å². The summed E-state index contributed by atoms with van der Waals surface area (Å²) in [6, 6.07) is 7.96. The van der Waals surface area contributed by atoms with Gasteiger partial charge in [-0.1, -0.05) is 19.1 Å². The molecule has 0 saturated heterocycles. The summed E-state index contributed by atoms with van der Waals surface area (Å²) in [4.78, 5) is 16.2. The lowest BCUT2D eigenvalue weighted by molar-refractivity contribution is 0.0948. The molecular formula is C20H24N4O. The van der Waals surface area contributed by atoms with Crippen LogP contribution in [0.15, 0.2) is 36.7 Å². The monoisotopic (exact) mass is 336 g/mol. The number of benzene rings is 1. The lowest BCUT2D eigenvalue weighted by Gasteiger charge is -2.13. The average molecular weight is 336 g/mol. The summed E-state index contributed by atoms with van der Waals surface area (Å²) in [7, 11) is 0. The summed E-state index contributed by atoms with van der Waals surface area (Å²) in [5, 5.41) is 8.52. The molecular weight excluding hydrogens is 312 g/mol. The minimum atomic E-state index is -0.00323. The first-order valence-electron chi connectivity index (χ1n) is 9.10. The van der Waals surface area contributed by atoms with Crippen LogP contribution in [0.4, 0.5) is 0 Å². The third-order valence-corrected chi connectivity index (χ3v) is 5.05. The van der Waals surface area contributed by atoms with Crippen LogP contribution in [0, 0.1) is 5.92 Å². The number of carbonyl (C=O) groups excluding carboxylic acids is 1. The van der Waals surface area contributed by atoms with Crippen LogP contribution in [0.3, 0.4) is 0 Å². The van der Waals surface area contributed by atoms with Crippen molar-refractivity contribution < 1.29 is 4.79 Å². The molecule has 0 fully saturated rings. The molecule has 0 spiro atoms. The quantitative estimate of drug-likeness (QED) is 0.751. The molecule has 3 aromatic rings. The summed E-state index contributed by atoms with van der Waals surface area (Å²) in [6.45, 7) is 3.56. The SMILES string of the molecule is C[C@@H](CNC(=O)c1cccc2c3c([nH]c12)CCCC3)Cn1cccn1. The van der Waals surface area contributed by atoms with Gasteiger partial charge in [0.05, 0.1) is 11.1 Å². The Morgan fingerprint density at radius 3 is 3.04 bits per heavy atom. The van der Waals surface area contributed by atoms with Crippen LogP contribution in [0.1, 0.15) is 41.4 Å². The molecule has 2 aromatic heterocycles. The van der Waals surface area contributed by atoms with E-state index in [2.05, 4.69) is 28.4 Å². The van der Waals surface area contributed by atoms with Gasteiger partial charge >= 0.3 is 0 Å². The first-order chi connectivity index (χ1) is 12.2. The molecule has 1 amide bonds. The molecule has 1 aliphatic rings. The molecule has 0 radical (unpaired) electrons. The first kappa shape index (κ1) is 15.9. The second kappa shape index (κ2) is 6.75. The highest BCUT2D eigenvalue weighted by molar-refractivity contribution is 6.06. The lowest BCUT2D eigenvalue weighted by atomic mass is 9.95. The number of aromatic amines is 1. The molecule has 25 heavy (non-hydrogen) atoms. The van der Waals surface area contributed by atoms with Gasteiger partial charge in [0, 0.05) is 36.6 Å². The number of aromatic nitrogens is 3. The predicted octanol–water partition coefficient (Wildman–Crippen LogP) is 3.31. The molecule has 4 rings (SSSR count). The van der Waals surface area contributed by atoms with E-state index < -0.39 is 0 Å². The Hall–Kier alpha value is -2.56. The lowest BCUT2D eigenvalue weighted by Crippen LogP contribution is -2.30. The molecule has 1 atom stereocenters. The number of amides is 1. The van der Waals surface area contributed by atoms with Crippen molar-refractivity contribution >= 4 is 16.8 Å². The maximum atomic E-state index is 12.7. The molecule has 0 unspecified atom stereocenters. The summed E-state index contributed by atoms with van der Waals surface area (Å²) in [5.74, 6) is 0.316. The topological polar surface area (TPSA) is 62.7 Å². The number of H-pyrrole nitrogens is 1. The van der Waals surface area contributed by atoms with Crippen LogP contribution in [-0.4, -0.2) is 27.2 Å². The van der Waals surface area contributed by atoms with Crippen LogP contribution in [0.5, 0.6) is 0 Å². The number of fused-ring (bicyclic) bond motifs is 3. The van der Waals surface area contributed by atoms with Gasteiger partial charge in [-0.3, -0.25) is 9.48 Å². The fourth-order valence-corrected chi connectivity index (χ4v) is 3.77. The van der Waals surface area contributed by atoms with Crippen molar-refractivity contribution in [3.63, 3.8) is 0 Å². The van der Waals surface area contributed by atoms with Gasteiger partial charge in [-0.2, -0.15) is 5.10 Å². The second-order valence-electron chi connectivity index (χ2n) is 7.06. The van der Waals surface area contributed by atoms with Crippen molar-refractivity contribution in [2.45, 2.75) is 39.2 Å². The Morgan fingerprint density at radius 2 is 2.20 bits per heavy atom. The molecule has 2 heterocycles. The van der Waals surface area contributed by atoms with Crippen molar-refractivity contribution in [2.75, 3.05) is 6.54 Å². The van der Waals surface area contributed by atoms with Gasteiger partial charge in [0.1, 0.15) is 0 Å². The number of carbonyl (C=O) groups is 1. The Balaban J connectivity index is 1.49. The van der Waals surface area contributed by atoms with Gasteiger partial charge in [-0.15, -0.1) is 0 Å². The van der Waals surface area contributed by atoms with Crippen molar-refractivity contribution in [3.05, 3.63) is 53.5 Å². The Bertz CT molecular complexity index is 879. The third-order valence-electron chi connectivity index (χ3n) is 5.05. The van der Waals surface area contributed by atoms with Gasteiger partial charge in [0.25, 0.3) is 5.91 Å². The van der Waals surface area contributed by atoms with E-state index in [-0.39, 0.29) is 5.91 Å². The number of hydrogen-bond donors (Lipinski definition) is 2. The van der Waals surface area contributed by atoms with Gasteiger partial charge in [0.2, 0.25) is 0 Å². The summed E-state index contributed by atoms with van der Waals surface area (Å²) in [6.07, 6.45) is 8.39. The zero-order chi connectivity index (χ0) is 17.2. The molecule has 0 aliphatic heterocycles. The van der Waals surface area contributed by atoms with Crippen molar-refractivity contribution in [2.24, 2.45) is 5.92 Å². The van der Waals surface area contributed by atoms with E-state index in [1.807, 2.05) is 29.1 Å². The highest BCUT2D eigenvalue weighted by Gasteiger charge is 2.19. The minimum Gasteiger partial charge on any atom is -0.358 e. The van der Waals surface area contributed by atoms with Crippen LogP contribution in [0.25, 0.3) is 10.9 Å². The zero-order valence-electron chi connectivity index (χ0n) is 14.6. The summed E-state index contributed by atoms with van der Waals surface area (Å²) in [5.41, 5.74) is 4.46. The maximum Gasteiger partial charge on any atom is 0.253 e.